The number of carbonyl (C=O) groups excluding carboxylic acids is 1. The summed E-state index contributed by atoms with van der Waals surface area (Å²) in [7, 11) is 0. The molecule has 0 bridgehead atoms. The van der Waals surface area contributed by atoms with Gasteiger partial charge >= 0.3 is 12.1 Å². The second kappa shape index (κ2) is 10.1. The van der Waals surface area contributed by atoms with E-state index in [9.17, 15) is 9.59 Å². The number of aromatic nitrogens is 1. The lowest BCUT2D eigenvalue weighted by molar-refractivity contribution is -0.136. The fourth-order valence-corrected chi connectivity index (χ4v) is 4.95. The first-order chi connectivity index (χ1) is 17.8. The first kappa shape index (κ1) is 24.6. The van der Waals surface area contributed by atoms with Crippen LogP contribution in [0.1, 0.15) is 41.0 Å². The summed E-state index contributed by atoms with van der Waals surface area (Å²) in [6.07, 6.45) is 0.625. The van der Waals surface area contributed by atoms with Crippen molar-refractivity contribution in [2.75, 3.05) is 5.32 Å². The van der Waals surface area contributed by atoms with Gasteiger partial charge in [-0.2, -0.15) is 0 Å². The molecule has 1 unspecified atom stereocenters. The number of fused-ring (bicyclic) bond motifs is 1. The number of benzene rings is 3. The number of anilines is 1. The Bertz CT molecular complexity index is 1490. The lowest BCUT2D eigenvalue weighted by atomic mass is 9.79. The number of hydrogen-bond donors (Lipinski definition) is 2. The zero-order chi connectivity index (χ0) is 26.1. The number of aliphatic carboxylic acids is 1. The number of amides is 1. The third-order valence-corrected chi connectivity index (χ3v) is 6.98. The summed E-state index contributed by atoms with van der Waals surface area (Å²) in [5.41, 5.74) is 7.85. The monoisotopic (exact) mass is 516 g/mol. The standard InChI is InChI=1S/C29H25ClN2O5/c1-16-27(31-29(35)36-17(2)20-5-3-4-6-25(20)30)28(37-32-16)24-14-11-21(22-12-13-23(22)24)19-9-7-18(8-10-19)15-26(33)34/h3-11,14,17H,12-13,15H2,1-2H3,(H,31,35)(H,33,34). The number of halogens is 1. The molecule has 1 heterocycles. The van der Waals surface area contributed by atoms with Crippen LogP contribution in [0.25, 0.3) is 22.5 Å². The van der Waals surface area contributed by atoms with Gasteiger partial charge in [-0.05, 0) is 60.6 Å². The van der Waals surface area contributed by atoms with Crippen LogP contribution in [0.3, 0.4) is 0 Å². The number of nitrogens with one attached hydrogen (secondary N) is 1. The highest BCUT2D eigenvalue weighted by Gasteiger charge is 2.27. The number of aryl methyl sites for hydroxylation is 1. The molecule has 4 aromatic rings. The van der Waals surface area contributed by atoms with E-state index in [0.29, 0.717) is 22.2 Å². The van der Waals surface area contributed by atoms with Crippen molar-refractivity contribution in [2.45, 2.75) is 39.2 Å². The summed E-state index contributed by atoms with van der Waals surface area (Å²) < 4.78 is 11.2. The van der Waals surface area contributed by atoms with Crippen molar-refractivity contribution < 1.29 is 24.0 Å². The molecular weight excluding hydrogens is 492 g/mol. The maximum atomic E-state index is 12.8. The minimum Gasteiger partial charge on any atom is -0.481 e. The highest BCUT2D eigenvalue weighted by molar-refractivity contribution is 6.31. The fraction of sp³-hybridized carbons (Fsp3) is 0.207. The summed E-state index contributed by atoms with van der Waals surface area (Å²) in [4.78, 5) is 23.7. The summed E-state index contributed by atoms with van der Waals surface area (Å²) in [5.74, 6) is -0.366. The van der Waals surface area contributed by atoms with Crippen molar-refractivity contribution in [3.63, 3.8) is 0 Å². The van der Waals surface area contributed by atoms with Crippen molar-refractivity contribution >= 4 is 29.4 Å². The van der Waals surface area contributed by atoms with E-state index in [1.807, 2.05) is 54.6 Å². The maximum absolute atomic E-state index is 12.8. The fourth-order valence-electron chi connectivity index (χ4n) is 4.66. The zero-order valence-corrected chi connectivity index (χ0v) is 21.1. The molecule has 5 rings (SSSR count). The minimum atomic E-state index is -0.852. The molecule has 7 nitrogen and oxygen atoms in total. The number of carbonyl (C=O) groups is 2. The first-order valence-corrected chi connectivity index (χ1v) is 12.3. The molecule has 0 spiro atoms. The number of carboxylic acid groups (broad SMARTS) is 1. The topological polar surface area (TPSA) is 102 Å². The molecule has 0 aliphatic heterocycles. The van der Waals surface area contributed by atoms with Gasteiger partial charge in [0.05, 0.1) is 6.42 Å². The largest absolute Gasteiger partial charge is 0.481 e. The third kappa shape index (κ3) is 4.95. The zero-order valence-electron chi connectivity index (χ0n) is 20.4. The Kier molecular flexibility index (Phi) is 6.72. The van der Waals surface area contributed by atoms with Gasteiger partial charge < -0.3 is 14.4 Å². The average Bonchev–Trinajstić information content (AvgIpc) is 3.19. The Labute approximate surface area is 219 Å². The first-order valence-electron chi connectivity index (χ1n) is 12.0. The van der Waals surface area contributed by atoms with Gasteiger partial charge in [0.15, 0.2) is 5.76 Å². The van der Waals surface area contributed by atoms with Crippen LogP contribution in [0.5, 0.6) is 0 Å². The van der Waals surface area contributed by atoms with Crippen molar-refractivity contribution in [1.82, 2.24) is 5.16 Å². The van der Waals surface area contributed by atoms with Crippen LogP contribution in [0.15, 0.2) is 65.2 Å². The van der Waals surface area contributed by atoms with Crippen LogP contribution in [-0.4, -0.2) is 22.3 Å². The molecule has 1 aliphatic carbocycles. The van der Waals surface area contributed by atoms with Gasteiger partial charge in [-0.3, -0.25) is 10.1 Å². The van der Waals surface area contributed by atoms with Crippen molar-refractivity contribution in [2.24, 2.45) is 0 Å². The van der Waals surface area contributed by atoms with E-state index in [-0.39, 0.29) is 6.42 Å². The minimum absolute atomic E-state index is 0.00243. The molecule has 188 valence electrons. The molecule has 0 fully saturated rings. The molecule has 1 amide bonds. The van der Waals surface area contributed by atoms with Gasteiger partial charge in [0.2, 0.25) is 0 Å². The van der Waals surface area contributed by atoms with E-state index >= 15 is 0 Å². The van der Waals surface area contributed by atoms with Gasteiger partial charge in [0.1, 0.15) is 17.5 Å². The van der Waals surface area contributed by atoms with E-state index in [4.69, 9.17) is 26.0 Å². The molecule has 0 saturated carbocycles. The second-order valence-electron chi connectivity index (χ2n) is 9.05. The van der Waals surface area contributed by atoms with Crippen LogP contribution in [-0.2, 0) is 28.8 Å². The van der Waals surface area contributed by atoms with E-state index < -0.39 is 18.2 Å². The predicted molar refractivity (Wildman–Crippen MR) is 141 cm³/mol. The molecule has 2 N–H and O–H groups in total. The van der Waals surface area contributed by atoms with Crippen molar-refractivity contribution in [3.8, 4) is 22.5 Å². The summed E-state index contributed by atoms with van der Waals surface area (Å²) in [6, 6.07) is 18.8. The Morgan fingerprint density at radius 1 is 1.05 bits per heavy atom. The normalized spacial score (nSPS) is 12.8. The third-order valence-electron chi connectivity index (χ3n) is 6.64. The molecule has 0 saturated heterocycles. The van der Waals surface area contributed by atoms with E-state index in [2.05, 4.69) is 10.5 Å². The van der Waals surface area contributed by atoms with E-state index in [1.165, 1.54) is 5.56 Å². The molecule has 8 heteroatoms. The van der Waals surface area contributed by atoms with Gasteiger partial charge in [0.25, 0.3) is 0 Å². The Hall–Kier alpha value is -4.10. The Balaban J connectivity index is 1.38. The molecule has 1 atom stereocenters. The smallest absolute Gasteiger partial charge is 0.412 e. The SMILES string of the molecule is Cc1noc(-c2ccc(-c3ccc(CC(=O)O)cc3)c3c2CC3)c1NC(=O)OC(C)c1ccccc1Cl. The number of hydrogen-bond acceptors (Lipinski definition) is 5. The van der Waals surface area contributed by atoms with E-state index in [1.54, 1.807) is 19.9 Å². The molecule has 1 aromatic heterocycles. The molecule has 37 heavy (non-hydrogen) atoms. The average molecular weight is 517 g/mol. The van der Waals surface area contributed by atoms with Crippen molar-refractivity contribution in [3.05, 3.63) is 93.6 Å². The molecule has 1 aliphatic rings. The highest BCUT2D eigenvalue weighted by Crippen LogP contribution is 2.43. The van der Waals surface area contributed by atoms with Gasteiger partial charge in [-0.25, -0.2) is 4.79 Å². The van der Waals surface area contributed by atoms with Crippen LogP contribution in [0, 0.1) is 6.92 Å². The number of carboxylic acids is 1. The lowest BCUT2D eigenvalue weighted by Crippen LogP contribution is -2.17. The number of ether oxygens (including phenoxy) is 1. The Morgan fingerprint density at radius 2 is 1.73 bits per heavy atom. The summed E-state index contributed by atoms with van der Waals surface area (Å²) >= 11 is 6.24. The van der Waals surface area contributed by atoms with Crippen LogP contribution >= 0.6 is 11.6 Å². The Morgan fingerprint density at radius 3 is 2.41 bits per heavy atom. The highest BCUT2D eigenvalue weighted by atomic mass is 35.5. The van der Waals surface area contributed by atoms with E-state index in [0.717, 1.165) is 46.2 Å². The predicted octanol–water partition coefficient (Wildman–Crippen LogP) is 7.01. The van der Waals surface area contributed by atoms with Gasteiger partial charge in [-0.15, -0.1) is 0 Å². The molecule has 0 radical (unpaired) electrons. The summed E-state index contributed by atoms with van der Waals surface area (Å²) in [5, 5.41) is 16.4. The van der Waals surface area contributed by atoms with Gasteiger partial charge in [0, 0.05) is 16.1 Å². The van der Waals surface area contributed by atoms with Crippen molar-refractivity contribution in [1.29, 1.82) is 0 Å². The van der Waals surface area contributed by atoms with Crippen LogP contribution < -0.4 is 5.32 Å². The lowest BCUT2D eigenvalue weighted by Gasteiger charge is -2.26. The summed E-state index contributed by atoms with van der Waals surface area (Å²) in [6.45, 7) is 3.53. The molecule has 3 aromatic carbocycles. The maximum Gasteiger partial charge on any atom is 0.412 e. The second-order valence-corrected chi connectivity index (χ2v) is 9.46. The van der Waals surface area contributed by atoms with Crippen LogP contribution in [0.2, 0.25) is 5.02 Å². The quantitative estimate of drug-likeness (QED) is 0.274. The van der Waals surface area contributed by atoms with Crippen LogP contribution in [0.4, 0.5) is 10.5 Å². The number of rotatable bonds is 7. The number of nitrogens with zero attached hydrogens (tertiary/aromatic N) is 1. The van der Waals surface area contributed by atoms with Gasteiger partial charge in [-0.1, -0.05) is 71.4 Å². The molecular formula is C29H25ClN2O5.